The molecule has 0 saturated heterocycles. The van der Waals surface area contributed by atoms with Crippen molar-refractivity contribution < 1.29 is 61.5 Å². The predicted molar refractivity (Wildman–Crippen MR) is 414 cm³/mol. The van der Waals surface area contributed by atoms with Crippen LogP contribution >= 0.6 is 34.8 Å². The van der Waals surface area contributed by atoms with Gasteiger partial charge in [-0.2, -0.15) is 4.39 Å². The number of aromatic nitrogens is 9. The van der Waals surface area contributed by atoms with Crippen LogP contribution in [0, 0.1) is 6.92 Å². The fourth-order valence-corrected chi connectivity index (χ4v) is 11.9. The number of imidazole rings is 4. The average molecular weight is 1540 g/mol. The number of hydrogen-bond donors (Lipinski definition) is 4. The lowest BCUT2D eigenvalue weighted by atomic mass is 10.1. The monoisotopic (exact) mass is 1540 g/mol. The van der Waals surface area contributed by atoms with Gasteiger partial charge in [0.2, 0.25) is 24.5 Å². The number of anilines is 4. The summed E-state index contributed by atoms with van der Waals surface area (Å²) in [5, 5.41) is 13.0. The molecule has 4 amide bonds. The predicted octanol–water partition coefficient (Wildman–Crippen LogP) is 15.3. The van der Waals surface area contributed by atoms with Crippen LogP contribution in [0.25, 0.3) is 18.2 Å². The number of fused-ring (bicyclic) bond motifs is 4. The van der Waals surface area contributed by atoms with Gasteiger partial charge in [-0.1, -0.05) is 119 Å². The SMILES string of the molecule is CC1(F)Oc2ccc(/C=C/C(=O)Nc3cn(Cc4cccc(Cl)c4)cn3)cc2O1.Cc1cccc(Cn2cnc(NC(=O)c3cnc4c(c3)OCCO4)c2)c1.O=C(/C=C/c1ccc2c(c1)OCCO2)Nc1cn(Cc2cccc(Cl)c2)cn1.O=C(/C=C/c1ccc2c(c1)OCO2)Nc1cn(Cc2cccc(Cl)c2)cn1. The highest BCUT2D eigenvalue weighted by atomic mass is 35.5. The highest BCUT2D eigenvalue weighted by molar-refractivity contribution is 6.31. The number of aryl methyl sites for hydroxylation is 1. The van der Waals surface area contributed by atoms with Crippen molar-refractivity contribution in [2.75, 3.05) is 54.5 Å². The van der Waals surface area contributed by atoms with E-state index in [2.05, 4.69) is 71.3 Å². The number of benzene rings is 7. The minimum atomic E-state index is -2.17. The molecule has 16 rings (SSSR count). The largest absolute Gasteiger partial charge is 0.486 e. The molecule has 0 spiro atoms. The maximum Gasteiger partial charge on any atom is 0.404 e. The molecular formula is C81H69Cl3FN13O12. The topological polar surface area (TPSA) is 274 Å². The Kier molecular flexibility index (Phi) is 24.2. The first kappa shape index (κ1) is 75.1. The maximum absolute atomic E-state index is 13.7. The number of nitrogens with zero attached hydrogens (tertiary/aromatic N) is 9. The summed E-state index contributed by atoms with van der Waals surface area (Å²) in [5.74, 6) is 5.02. The molecule has 4 aliphatic heterocycles. The van der Waals surface area contributed by atoms with Crippen molar-refractivity contribution in [1.82, 2.24) is 43.2 Å². The van der Waals surface area contributed by atoms with E-state index in [1.165, 1.54) is 42.5 Å². The molecule has 558 valence electrons. The molecule has 0 fully saturated rings. The normalized spacial score (nSPS) is 14.0. The zero-order valence-corrected chi connectivity index (χ0v) is 61.2. The molecule has 4 aliphatic rings. The smallest absolute Gasteiger partial charge is 0.404 e. The molecule has 0 bridgehead atoms. The second kappa shape index (κ2) is 35.5. The molecule has 1 unspecified atom stereocenters. The number of halogens is 4. The van der Waals surface area contributed by atoms with Crippen molar-refractivity contribution in [2.24, 2.45) is 0 Å². The molecule has 29 heteroatoms. The van der Waals surface area contributed by atoms with Crippen LogP contribution in [-0.2, 0) is 40.6 Å². The van der Waals surface area contributed by atoms with Crippen molar-refractivity contribution in [2.45, 2.75) is 46.1 Å². The number of alkyl halides is 1. The van der Waals surface area contributed by atoms with E-state index in [-0.39, 0.29) is 36.2 Å². The average Bonchev–Trinajstić information content (AvgIpc) is 1.63. The first-order valence-corrected chi connectivity index (χ1v) is 35.4. The first-order chi connectivity index (χ1) is 53.3. The van der Waals surface area contributed by atoms with Crippen molar-refractivity contribution in [3.05, 3.63) is 297 Å². The third-order valence-electron chi connectivity index (χ3n) is 16.2. The van der Waals surface area contributed by atoms with E-state index in [1.807, 2.05) is 134 Å². The van der Waals surface area contributed by atoms with E-state index in [0.29, 0.717) is 137 Å². The second-order valence-corrected chi connectivity index (χ2v) is 26.3. The Morgan fingerprint density at radius 2 is 0.809 bits per heavy atom. The van der Waals surface area contributed by atoms with E-state index >= 15 is 0 Å². The molecule has 0 saturated carbocycles. The van der Waals surface area contributed by atoms with E-state index in [9.17, 15) is 23.6 Å². The summed E-state index contributed by atoms with van der Waals surface area (Å²) in [6.45, 7) is 7.97. The zero-order valence-electron chi connectivity index (χ0n) is 59.0. The summed E-state index contributed by atoms with van der Waals surface area (Å²) in [7, 11) is 0. The van der Waals surface area contributed by atoms with Crippen LogP contribution in [0.4, 0.5) is 27.7 Å². The van der Waals surface area contributed by atoms with Gasteiger partial charge in [0.1, 0.15) is 26.4 Å². The molecule has 0 radical (unpaired) electrons. The van der Waals surface area contributed by atoms with E-state index in [0.717, 1.165) is 33.6 Å². The molecule has 25 nitrogen and oxygen atoms in total. The second-order valence-electron chi connectivity index (χ2n) is 25.0. The number of rotatable bonds is 19. The summed E-state index contributed by atoms with van der Waals surface area (Å²) in [6, 6.07) is 46.4. The Balaban J connectivity index is 0.000000129. The number of carbonyl (C=O) groups is 4. The third-order valence-corrected chi connectivity index (χ3v) is 16.9. The number of nitrogens with one attached hydrogen (secondary N) is 4. The van der Waals surface area contributed by atoms with Gasteiger partial charge in [0, 0.05) is 103 Å². The molecule has 1 atom stereocenters. The fourth-order valence-electron chi connectivity index (χ4n) is 11.3. The standard InChI is InChI=1S/C21H17ClFN3O3.C21H18ClN3O3.C20H16ClN3O3.C19H18N4O3/c1-21(23)28-17-7-5-14(10-18(17)29-21)6-8-20(27)25-19-12-26(13-24-19)11-15-3-2-4-16(22)9-15;22-17-3-1-2-16(10-17)12-25-13-20(23-14-25)24-21(26)7-5-15-4-6-18-19(11-15)28-9-8-27-18;21-16-3-1-2-15(8-16)10-24-11-19(22-12-24)23-20(25)7-5-14-4-6-17-18(9-14)27-13-26-17;1-13-3-2-4-14(7-13)10-23-11-17(21-12-23)22-18(24)15-8-16-19(20-9-15)26-6-5-25-16/h2-10,12-13H,11H2,1H3,(H,25,27);1-7,10-11,13-14H,8-9,12H2,(H,24,26);1-9,11-12H,10,13H2,(H,23,25);2-4,7-9,11-12H,5-6,10H2,1H3,(H,22,24)/b8-6+;2*7-5+;. The van der Waals surface area contributed by atoms with Gasteiger partial charge in [0.05, 0.1) is 30.9 Å². The van der Waals surface area contributed by atoms with Crippen molar-refractivity contribution in [3.63, 3.8) is 0 Å². The van der Waals surface area contributed by atoms with Gasteiger partial charge >= 0.3 is 6.04 Å². The van der Waals surface area contributed by atoms with Crippen LogP contribution < -0.4 is 59.2 Å². The molecule has 7 aromatic carbocycles. The summed E-state index contributed by atoms with van der Waals surface area (Å²) in [5.41, 5.74) is 8.29. The number of pyridine rings is 1. The summed E-state index contributed by atoms with van der Waals surface area (Å²) in [6.07, 6.45) is 24.5. The molecule has 9 heterocycles. The van der Waals surface area contributed by atoms with Gasteiger partial charge in [0.15, 0.2) is 63.5 Å². The van der Waals surface area contributed by atoms with E-state index < -0.39 is 6.04 Å². The minimum absolute atomic E-state index is 0.223. The lowest BCUT2D eigenvalue weighted by Gasteiger charge is -2.18. The minimum Gasteiger partial charge on any atom is -0.486 e. The van der Waals surface area contributed by atoms with Crippen molar-refractivity contribution >= 4 is 99.9 Å². The molecule has 0 aliphatic carbocycles. The summed E-state index contributed by atoms with van der Waals surface area (Å²) in [4.78, 5) is 69.8. The maximum atomic E-state index is 13.7. The van der Waals surface area contributed by atoms with Crippen molar-refractivity contribution in [3.8, 4) is 46.1 Å². The van der Waals surface area contributed by atoms with Gasteiger partial charge in [-0.05, 0) is 137 Å². The van der Waals surface area contributed by atoms with Gasteiger partial charge in [-0.3, -0.25) is 19.2 Å². The van der Waals surface area contributed by atoms with Crippen molar-refractivity contribution in [1.29, 1.82) is 0 Å². The number of ether oxygens (including phenoxy) is 8. The lowest BCUT2D eigenvalue weighted by molar-refractivity contribution is -0.173. The Hall–Kier alpha value is -13.2. The Labute approximate surface area is 645 Å². The Bertz CT molecular complexity index is 5400. The molecule has 110 heavy (non-hydrogen) atoms. The van der Waals surface area contributed by atoms with Crippen LogP contribution in [0.1, 0.15) is 61.8 Å². The number of hydrogen-bond acceptors (Lipinski definition) is 17. The van der Waals surface area contributed by atoms with Crippen LogP contribution in [-0.4, -0.2) is 106 Å². The van der Waals surface area contributed by atoms with E-state index in [4.69, 9.17) is 72.7 Å². The van der Waals surface area contributed by atoms with Gasteiger partial charge in [-0.15, -0.1) is 0 Å². The molecule has 12 aromatic rings. The van der Waals surface area contributed by atoms with E-state index in [1.54, 1.807) is 92.6 Å². The van der Waals surface area contributed by atoms with Gasteiger partial charge in [-0.25, -0.2) is 24.9 Å². The zero-order chi connectivity index (χ0) is 76.4. The number of carbonyl (C=O) groups excluding carboxylic acids is 4. The lowest BCUT2D eigenvalue weighted by Crippen LogP contribution is -2.27. The van der Waals surface area contributed by atoms with Gasteiger partial charge in [0.25, 0.3) is 11.8 Å². The molecule has 5 aromatic heterocycles. The quantitative estimate of drug-likeness (QED) is 0.0548. The fraction of sp³-hybridized carbons (Fsp3) is 0.148. The van der Waals surface area contributed by atoms with Gasteiger partial charge < -0.3 is 77.4 Å². The molecular weight excluding hydrogens is 1470 g/mol. The highest BCUT2D eigenvalue weighted by Gasteiger charge is 2.36. The van der Waals surface area contributed by atoms with Crippen LogP contribution in [0.2, 0.25) is 15.1 Å². The van der Waals surface area contributed by atoms with Crippen LogP contribution in [0.3, 0.4) is 0 Å². The summed E-state index contributed by atoms with van der Waals surface area (Å²) < 4.78 is 63.7. The van der Waals surface area contributed by atoms with Crippen LogP contribution in [0.5, 0.6) is 46.1 Å². The van der Waals surface area contributed by atoms with Crippen LogP contribution in [0.15, 0.2) is 232 Å². The highest BCUT2D eigenvalue weighted by Crippen LogP contribution is 2.41. The summed E-state index contributed by atoms with van der Waals surface area (Å²) >= 11 is 18.0. The Morgan fingerprint density at radius 1 is 0.427 bits per heavy atom. The number of amides is 4. The third kappa shape index (κ3) is 21.8. The molecule has 4 N–H and O–H groups in total. The Morgan fingerprint density at radius 3 is 1.28 bits per heavy atom. The first-order valence-electron chi connectivity index (χ1n) is 34.3.